The van der Waals surface area contributed by atoms with Crippen molar-refractivity contribution in [3.8, 4) is 17.0 Å². The number of aromatic nitrogens is 2. The van der Waals surface area contributed by atoms with E-state index < -0.39 is 0 Å². The molecule has 0 unspecified atom stereocenters. The van der Waals surface area contributed by atoms with Gasteiger partial charge in [0, 0.05) is 37.4 Å². The van der Waals surface area contributed by atoms with Gasteiger partial charge in [0.2, 0.25) is 0 Å². The van der Waals surface area contributed by atoms with Crippen molar-refractivity contribution in [1.82, 2.24) is 20.0 Å². The molecule has 2 atom stereocenters. The summed E-state index contributed by atoms with van der Waals surface area (Å²) in [7, 11) is 1.69. The van der Waals surface area contributed by atoms with E-state index in [1.54, 1.807) is 7.11 Å². The predicted molar refractivity (Wildman–Crippen MR) is 118 cm³/mol. The van der Waals surface area contributed by atoms with Crippen LogP contribution in [0.1, 0.15) is 48.2 Å². The smallest absolute Gasteiger partial charge is 0.272 e. The summed E-state index contributed by atoms with van der Waals surface area (Å²) in [4.78, 5) is 18.3. The molecular formula is C24H32N4O3. The maximum Gasteiger partial charge on any atom is 0.272 e. The Morgan fingerprint density at radius 2 is 2.13 bits per heavy atom. The Morgan fingerprint density at radius 3 is 3.03 bits per heavy atom. The molecule has 2 aromatic rings. The van der Waals surface area contributed by atoms with Crippen LogP contribution in [0.2, 0.25) is 0 Å². The fourth-order valence-electron chi connectivity index (χ4n) is 5.55. The van der Waals surface area contributed by atoms with Crippen molar-refractivity contribution >= 4 is 5.91 Å². The lowest BCUT2D eigenvalue weighted by molar-refractivity contribution is 0.0312. The number of nitrogens with zero attached hydrogens (tertiary/aromatic N) is 3. The molecule has 3 aliphatic heterocycles. The predicted octanol–water partition coefficient (Wildman–Crippen LogP) is 3.32. The number of carbonyl (C=O) groups is 1. The molecule has 5 rings (SSSR count). The van der Waals surface area contributed by atoms with Crippen LogP contribution in [-0.4, -0.2) is 71.8 Å². The number of piperidine rings is 2. The molecule has 3 aliphatic rings. The van der Waals surface area contributed by atoms with Crippen LogP contribution in [0.15, 0.2) is 24.3 Å². The van der Waals surface area contributed by atoms with Gasteiger partial charge in [-0.25, -0.2) is 0 Å². The average molecular weight is 425 g/mol. The van der Waals surface area contributed by atoms with Crippen LogP contribution < -0.4 is 4.74 Å². The lowest BCUT2D eigenvalue weighted by atomic mass is 9.83. The zero-order valence-corrected chi connectivity index (χ0v) is 18.3. The number of fused-ring (bicyclic) bond motifs is 4. The van der Waals surface area contributed by atoms with Gasteiger partial charge in [0.25, 0.3) is 5.91 Å². The highest BCUT2D eigenvalue weighted by molar-refractivity contribution is 5.96. The SMILES string of the molecule is COCCN(C[C@@H]1CCCN2CCCC[C@H]12)C(=O)c1[nH]nc2c1COc1ccccc1-2. The first-order valence-corrected chi connectivity index (χ1v) is 11.6. The van der Waals surface area contributed by atoms with Crippen LogP contribution in [0, 0.1) is 5.92 Å². The van der Waals surface area contributed by atoms with E-state index in [1.807, 2.05) is 29.2 Å². The van der Waals surface area contributed by atoms with Gasteiger partial charge in [0.15, 0.2) is 0 Å². The van der Waals surface area contributed by atoms with E-state index in [0.717, 1.165) is 29.1 Å². The zero-order valence-electron chi connectivity index (χ0n) is 18.3. The molecular weight excluding hydrogens is 392 g/mol. The van der Waals surface area contributed by atoms with Gasteiger partial charge in [0.05, 0.1) is 6.61 Å². The summed E-state index contributed by atoms with van der Waals surface area (Å²) < 4.78 is 11.3. The molecule has 0 bridgehead atoms. The largest absolute Gasteiger partial charge is 0.488 e. The molecule has 0 spiro atoms. The number of nitrogens with one attached hydrogen (secondary N) is 1. The van der Waals surface area contributed by atoms with E-state index in [4.69, 9.17) is 9.47 Å². The Kier molecular flexibility index (Phi) is 5.96. The van der Waals surface area contributed by atoms with Gasteiger partial charge in [-0.2, -0.15) is 5.10 Å². The van der Waals surface area contributed by atoms with Gasteiger partial charge in [-0.3, -0.25) is 9.89 Å². The number of hydrogen-bond donors (Lipinski definition) is 1. The molecule has 4 heterocycles. The molecule has 166 valence electrons. The molecule has 1 amide bonds. The number of amides is 1. The highest BCUT2D eigenvalue weighted by Gasteiger charge is 2.36. The summed E-state index contributed by atoms with van der Waals surface area (Å²) in [6.45, 7) is 4.67. The number of H-pyrrole nitrogens is 1. The Morgan fingerprint density at radius 1 is 1.26 bits per heavy atom. The number of para-hydroxylation sites is 1. The summed E-state index contributed by atoms with van der Waals surface area (Å²) in [6, 6.07) is 8.46. The minimum absolute atomic E-state index is 0.00159. The number of rotatable bonds is 6. The molecule has 0 saturated carbocycles. The lowest BCUT2D eigenvalue weighted by Gasteiger charge is -2.45. The number of carbonyl (C=O) groups excluding carboxylic acids is 1. The fraction of sp³-hybridized carbons (Fsp3) is 0.583. The van der Waals surface area contributed by atoms with E-state index >= 15 is 0 Å². The van der Waals surface area contributed by atoms with E-state index in [9.17, 15) is 4.79 Å². The Bertz CT molecular complexity index is 925. The van der Waals surface area contributed by atoms with Crippen molar-refractivity contribution in [2.75, 3.05) is 39.9 Å². The average Bonchev–Trinajstić information content (AvgIpc) is 3.26. The summed E-state index contributed by atoms with van der Waals surface area (Å²) in [6.07, 6.45) is 6.26. The molecule has 1 aromatic carbocycles. The molecule has 7 nitrogen and oxygen atoms in total. The molecule has 31 heavy (non-hydrogen) atoms. The minimum Gasteiger partial charge on any atom is -0.488 e. The first kappa shape index (κ1) is 20.5. The third kappa shape index (κ3) is 3.96. The molecule has 1 aromatic heterocycles. The third-order valence-corrected chi connectivity index (χ3v) is 7.13. The van der Waals surface area contributed by atoms with Gasteiger partial charge in [-0.1, -0.05) is 18.6 Å². The highest BCUT2D eigenvalue weighted by atomic mass is 16.5. The second-order valence-electron chi connectivity index (χ2n) is 8.96. The molecule has 0 radical (unpaired) electrons. The number of ether oxygens (including phenoxy) is 2. The minimum atomic E-state index is 0.00159. The maximum absolute atomic E-state index is 13.7. The first-order chi connectivity index (χ1) is 15.3. The van der Waals surface area contributed by atoms with Crippen LogP contribution in [-0.2, 0) is 11.3 Å². The van der Waals surface area contributed by atoms with E-state index in [2.05, 4.69) is 15.1 Å². The normalized spacial score (nSPS) is 22.7. The van der Waals surface area contributed by atoms with Gasteiger partial charge >= 0.3 is 0 Å². The molecule has 7 heteroatoms. The van der Waals surface area contributed by atoms with Gasteiger partial charge in [-0.15, -0.1) is 0 Å². The summed E-state index contributed by atoms with van der Waals surface area (Å²) in [5, 5.41) is 7.54. The number of hydrogen-bond acceptors (Lipinski definition) is 5. The van der Waals surface area contributed by atoms with Crippen molar-refractivity contribution in [3.63, 3.8) is 0 Å². The van der Waals surface area contributed by atoms with Crippen LogP contribution in [0.3, 0.4) is 0 Å². The van der Waals surface area contributed by atoms with Gasteiger partial charge in [0.1, 0.15) is 23.7 Å². The van der Waals surface area contributed by atoms with Crippen molar-refractivity contribution in [2.24, 2.45) is 5.92 Å². The zero-order chi connectivity index (χ0) is 21.2. The van der Waals surface area contributed by atoms with Gasteiger partial charge in [-0.05, 0) is 56.8 Å². The highest BCUT2D eigenvalue weighted by Crippen LogP contribution is 2.37. The molecule has 2 fully saturated rings. The van der Waals surface area contributed by atoms with Crippen LogP contribution in [0.4, 0.5) is 0 Å². The van der Waals surface area contributed by atoms with E-state index in [0.29, 0.717) is 37.4 Å². The first-order valence-electron chi connectivity index (χ1n) is 11.6. The van der Waals surface area contributed by atoms with Crippen LogP contribution >= 0.6 is 0 Å². The summed E-state index contributed by atoms with van der Waals surface area (Å²) in [5.74, 6) is 1.34. The van der Waals surface area contributed by atoms with Crippen LogP contribution in [0.25, 0.3) is 11.3 Å². The summed E-state index contributed by atoms with van der Waals surface area (Å²) in [5.41, 5.74) is 3.17. The van der Waals surface area contributed by atoms with Gasteiger partial charge < -0.3 is 19.3 Å². The molecule has 2 saturated heterocycles. The molecule has 1 N–H and O–H groups in total. The second-order valence-corrected chi connectivity index (χ2v) is 8.96. The van der Waals surface area contributed by atoms with E-state index in [-0.39, 0.29) is 5.91 Å². The maximum atomic E-state index is 13.7. The van der Waals surface area contributed by atoms with E-state index in [1.165, 1.54) is 45.2 Å². The molecule has 0 aliphatic carbocycles. The quantitative estimate of drug-likeness (QED) is 0.770. The van der Waals surface area contributed by atoms with Crippen molar-refractivity contribution < 1.29 is 14.3 Å². The standard InChI is InChI=1S/C24H32N4O3/c1-30-14-13-28(15-17-7-6-12-27-11-5-4-9-20(17)27)24(29)23-19-16-31-21-10-3-2-8-18(21)22(19)25-26-23/h2-3,8,10,17,20H,4-7,9,11-16H2,1H3,(H,25,26)/t17-,20+/m0/s1. The Hall–Kier alpha value is -2.38. The van der Waals surface area contributed by atoms with Crippen molar-refractivity contribution in [2.45, 2.75) is 44.8 Å². The monoisotopic (exact) mass is 424 g/mol. The topological polar surface area (TPSA) is 70.7 Å². The fourth-order valence-corrected chi connectivity index (χ4v) is 5.55. The second kappa shape index (κ2) is 9.01. The number of aromatic amines is 1. The van der Waals surface area contributed by atoms with Crippen molar-refractivity contribution in [3.05, 3.63) is 35.5 Å². The number of benzene rings is 1. The lowest BCUT2D eigenvalue weighted by Crippen LogP contribution is -2.52. The number of methoxy groups -OCH3 is 1. The van der Waals surface area contributed by atoms with Crippen molar-refractivity contribution in [1.29, 1.82) is 0 Å². The Balaban J connectivity index is 1.38. The Labute approximate surface area is 183 Å². The van der Waals surface area contributed by atoms with Crippen LogP contribution in [0.5, 0.6) is 5.75 Å². The summed E-state index contributed by atoms with van der Waals surface area (Å²) >= 11 is 0. The third-order valence-electron chi connectivity index (χ3n) is 7.13.